The van der Waals surface area contributed by atoms with Crippen LogP contribution in [0.15, 0.2) is 58.0 Å². The van der Waals surface area contributed by atoms with Gasteiger partial charge in [0.05, 0.1) is 9.80 Å². The molecule has 1 unspecified atom stereocenters. The second-order valence-electron chi connectivity index (χ2n) is 4.83. The highest BCUT2D eigenvalue weighted by Crippen LogP contribution is 2.31. The van der Waals surface area contributed by atoms with Gasteiger partial charge in [-0.2, -0.15) is 0 Å². The normalized spacial score (nSPS) is 18.6. The van der Waals surface area contributed by atoms with Crippen LogP contribution < -0.4 is 0 Å². The van der Waals surface area contributed by atoms with E-state index in [2.05, 4.69) is 0 Å². The quantitative estimate of drug-likeness (QED) is 0.849. The Morgan fingerprint density at radius 3 is 2.45 bits per heavy atom. The molecule has 0 aliphatic carbocycles. The molecular formula is C15H17NO5S. The van der Waals surface area contributed by atoms with E-state index in [4.69, 9.17) is 5.11 Å². The Bertz CT molecular complexity index is 722. The molecule has 2 rings (SSSR count). The van der Waals surface area contributed by atoms with Crippen molar-refractivity contribution in [1.82, 2.24) is 4.90 Å². The number of allylic oxidation sites excluding steroid dienone is 1. The zero-order valence-corrected chi connectivity index (χ0v) is 12.8. The standard InChI is InChI=1S/C15H17NO5S/c1-2-11-8-14(17)16(10-15(18)19)9-13(11)22(20,21)12-6-4-3-5-7-12/h3-9,14,17H,2,10H2,1H3,(H,18,19). The predicted molar refractivity (Wildman–Crippen MR) is 80.4 cm³/mol. The van der Waals surface area contributed by atoms with E-state index in [9.17, 15) is 18.3 Å². The first-order valence-electron chi connectivity index (χ1n) is 6.75. The lowest BCUT2D eigenvalue weighted by Crippen LogP contribution is -2.37. The first-order valence-corrected chi connectivity index (χ1v) is 8.23. The molecule has 6 nitrogen and oxygen atoms in total. The number of aliphatic hydroxyl groups excluding tert-OH is 1. The minimum Gasteiger partial charge on any atom is -0.480 e. The highest BCUT2D eigenvalue weighted by Gasteiger charge is 2.29. The molecule has 118 valence electrons. The number of carboxylic acids is 1. The summed E-state index contributed by atoms with van der Waals surface area (Å²) in [5, 5.41) is 18.8. The molecule has 0 saturated carbocycles. The number of hydrogen-bond donors (Lipinski definition) is 2. The van der Waals surface area contributed by atoms with Crippen molar-refractivity contribution in [3.8, 4) is 0 Å². The SMILES string of the molecule is CCC1=CC(O)N(CC(=O)O)C=C1S(=O)(=O)c1ccccc1. The van der Waals surface area contributed by atoms with Crippen molar-refractivity contribution in [2.45, 2.75) is 24.5 Å². The lowest BCUT2D eigenvalue weighted by molar-refractivity contribution is -0.139. The number of hydrogen-bond acceptors (Lipinski definition) is 5. The van der Waals surface area contributed by atoms with Gasteiger partial charge in [-0.25, -0.2) is 8.42 Å². The van der Waals surface area contributed by atoms with Gasteiger partial charge in [-0.05, 0) is 30.2 Å². The second kappa shape index (κ2) is 6.33. The minimum absolute atomic E-state index is 0.0211. The van der Waals surface area contributed by atoms with Gasteiger partial charge in [-0.15, -0.1) is 0 Å². The molecule has 2 N–H and O–H groups in total. The largest absolute Gasteiger partial charge is 0.480 e. The van der Waals surface area contributed by atoms with Crippen molar-refractivity contribution in [3.05, 3.63) is 53.1 Å². The van der Waals surface area contributed by atoms with Gasteiger partial charge in [0.1, 0.15) is 12.8 Å². The Balaban J connectivity index is 2.49. The summed E-state index contributed by atoms with van der Waals surface area (Å²) in [6.07, 6.45) is 1.84. The second-order valence-corrected chi connectivity index (χ2v) is 6.75. The Hall–Kier alpha value is -2.12. The summed E-state index contributed by atoms with van der Waals surface area (Å²) in [6, 6.07) is 7.92. The zero-order valence-electron chi connectivity index (χ0n) is 12.0. The first-order chi connectivity index (χ1) is 10.4. The van der Waals surface area contributed by atoms with Crippen LogP contribution in [0.1, 0.15) is 13.3 Å². The molecule has 0 fully saturated rings. The van der Waals surface area contributed by atoms with Crippen molar-refractivity contribution in [2.75, 3.05) is 6.54 Å². The van der Waals surface area contributed by atoms with E-state index in [0.29, 0.717) is 12.0 Å². The summed E-state index contributed by atoms with van der Waals surface area (Å²) in [7, 11) is -3.77. The molecule has 0 bridgehead atoms. The number of aliphatic carboxylic acids is 1. The molecule has 0 aromatic heterocycles. The third kappa shape index (κ3) is 3.20. The summed E-state index contributed by atoms with van der Waals surface area (Å²) >= 11 is 0. The van der Waals surface area contributed by atoms with E-state index in [1.54, 1.807) is 25.1 Å². The number of benzene rings is 1. The summed E-state index contributed by atoms with van der Waals surface area (Å²) in [4.78, 5) is 12.1. The minimum atomic E-state index is -3.77. The van der Waals surface area contributed by atoms with Gasteiger partial charge in [0, 0.05) is 6.20 Å². The van der Waals surface area contributed by atoms with E-state index >= 15 is 0 Å². The fourth-order valence-electron chi connectivity index (χ4n) is 2.22. The molecule has 0 spiro atoms. The highest BCUT2D eigenvalue weighted by molar-refractivity contribution is 7.95. The van der Waals surface area contributed by atoms with E-state index in [1.807, 2.05) is 0 Å². The van der Waals surface area contributed by atoms with E-state index in [0.717, 1.165) is 4.90 Å². The topological polar surface area (TPSA) is 94.9 Å². The van der Waals surface area contributed by atoms with Gasteiger partial charge in [0.2, 0.25) is 9.84 Å². The Kier molecular flexibility index (Phi) is 4.68. The molecule has 7 heteroatoms. The number of carboxylic acid groups (broad SMARTS) is 1. The van der Waals surface area contributed by atoms with Crippen LogP contribution in [0.3, 0.4) is 0 Å². The fourth-order valence-corrected chi connectivity index (χ4v) is 3.82. The smallest absolute Gasteiger partial charge is 0.323 e. The van der Waals surface area contributed by atoms with Gasteiger partial charge < -0.3 is 15.1 Å². The lowest BCUT2D eigenvalue weighted by atomic mass is 10.1. The first kappa shape index (κ1) is 16.3. The van der Waals surface area contributed by atoms with Crippen LogP contribution in [-0.2, 0) is 14.6 Å². The zero-order chi connectivity index (χ0) is 16.3. The highest BCUT2D eigenvalue weighted by atomic mass is 32.2. The van der Waals surface area contributed by atoms with E-state index in [-0.39, 0.29) is 9.80 Å². The number of carbonyl (C=O) groups is 1. The molecule has 1 aliphatic heterocycles. The lowest BCUT2D eigenvalue weighted by Gasteiger charge is -2.29. The molecule has 0 saturated heterocycles. The van der Waals surface area contributed by atoms with Crippen LogP contribution in [0.5, 0.6) is 0 Å². The average Bonchev–Trinajstić information content (AvgIpc) is 2.49. The molecule has 22 heavy (non-hydrogen) atoms. The van der Waals surface area contributed by atoms with Crippen LogP contribution >= 0.6 is 0 Å². The molecule has 1 aromatic rings. The molecule has 1 heterocycles. The maximum atomic E-state index is 12.7. The van der Waals surface area contributed by atoms with Crippen LogP contribution in [-0.4, -0.2) is 42.3 Å². The van der Waals surface area contributed by atoms with E-state index in [1.165, 1.54) is 24.4 Å². The third-order valence-corrected chi connectivity index (χ3v) is 5.17. The molecule has 0 radical (unpaired) electrons. The summed E-state index contributed by atoms with van der Waals surface area (Å²) < 4.78 is 25.5. The monoisotopic (exact) mass is 323 g/mol. The number of nitrogens with zero attached hydrogens (tertiary/aromatic N) is 1. The van der Waals surface area contributed by atoms with Crippen LogP contribution in [0, 0.1) is 0 Å². The van der Waals surface area contributed by atoms with Gasteiger partial charge >= 0.3 is 5.97 Å². The van der Waals surface area contributed by atoms with Crippen molar-refractivity contribution in [1.29, 1.82) is 0 Å². The summed E-state index contributed by atoms with van der Waals surface area (Å²) in [5.41, 5.74) is 0.470. The van der Waals surface area contributed by atoms with Crippen molar-refractivity contribution < 1.29 is 23.4 Å². The molecule has 0 amide bonds. The van der Waals surface area contributed by atoms with Crippen molar-refractivity contribution in [3.63, 3.8) is 0 Å². The maximum Gasteiger partial charge on any atom is 0.323 e. The number of aliphatic hydroxyl groups is 1. The Morgan fingerprint density at radius 2 is 1.91 bits per heavy atom. The van der Waals surface area contributed by atoms with Crippen LogP contribution in [0.25, 0.3) is 0 Å². The molecular weight excluding hydrogens is 306 g/mol. The summed E-state index contributed by atoms with van der Waals surface area (Å²) in [6.45, 7) is 1.29. The van der Waals surface area contributed by atoms with E-state index < -0.39 is 28.6 Å². The van der Waals surface area contributed by atoms with Gasteiger partial charge in [0.25, 0.3) is 0 Å². The van der Waals surface area contributed by atoms with Crippen molar-refractivity contribution in [2.24, 2.45) is 0 Å². The Labute approximate surface area is 128 Å². The molecule has 1 aliphatic rings. The molecule has 1 atom stereocenters. The van der Waals surface area contributed by atoms with Gasteiger partial charge in [0.15, 0.2) is 0 Å². The fraction of sp³-hybridized carbons (Fsp3) is 0.267. The maximum absolute atomic E-state index is 12.7. The van der Waals surface area contributed by atoms with Gasteiger partial charge in [-0.3, -0.25) is 4.79 Å². The van der Waals surface area contributed by atoms with Crippen LogP contribution in [0.2, 0.25) is 0 Å². The number of sulfone groups is 1. The van der Waals surface area contributed by atoms with Crippen molar-refractivity contribution >= 4 is 15.8 Å². The van der Waals surface area contributed by atoms with Crippen LogP contribution in [0.4, 0.5) is 0 Å². The Morgan fingerprint density at radius 1 is 1.27 bits per heavy atom. The number of rotatable bonds is 5. The van der Waals surface area contributed by atoms with Gasteiger partial charge in [-0.1, -0.05) is 25.1 Å². The summed E-state index contributed by atoms with van der Waals surface area (Å²) in [5.74, 6) is -1.15. The average molecular weight is 323 g/mol. The molecule has 1 aromatic carbocycles. The predicted octanol–water partition coefficient (Wildman–Crippen LogP) is 1.36. The third-order valence-electron chi connectivity index (χ3n) is 3.33.